The number of aryl methyl sites for hydroxylation is 1. The van der Waals surface area contributed by atoms with Gasteiger partial charge in [0.15, 0.2) is 0 Å². The van der Waals surface area contributed by atoms with Gasteiger partial charge in [0, 0.05) is 29.8 Å². The molecule has 1 aliphatic rings. The molecule has 1 aromatic rings. The number of nitrogens with zero attached hydrogens (tertiary/aromatic N) is 1. The van der Waals surface area contributed by atoms with Crippen molar-refractivity contribution in [2.75, 3.05) is 16.8 Å². The molecular weight excluding hydrogens is 264 g/mol. The number of carbonyl (C=O) groups excluding carboxylic acids is 2. The topological polar surface area (TPSA) is 49.4 Å². The van der Waals surface area contributed by atoms with Crippen molar-refractivity contribution in [2.45, 2.75) is 47.0 Å². The molecule has 0 saturated carbocycles. The van der Waals surface area contributed by atoms with E-state index in [4.69, 9.17) is 0 Å². The van der Waals surface area contributed by atoms with Crippen molar-refractivity contribution in [3.8, 4) is 0 Å². The standard InChI is InChI=1S/C17H24N2O2/c1-5-15(20)19-10-6-7-12-8-9-13(11-14(12)19)18-16(21)17(2,3)4/h8-9,11H,5-7,10H2,1-4H3,(H,18,21). The van der Waals surface area contributed by atoms with Gasteiger partial charge in [0.2, 0.25) is 11.8 Å². The molecule has 1 aliphatic heterocycles. The molecule has 0 aliphatic carbocycles. The monoisotopic (exact) mass is 288 g/mol. The van der Waals surface area contributed by atoms with Crippen LogP contribution in [0.4, 0.5) is 11.4 Å². The predicted octanol–water partition coefficient (Wildman–Crippen LogP) is 3.36. The fraction of sp³-hybridized carbons (Fsp3) is 0.529. The summed E-state index contributed by atoms with van der Waals surface area (Å²) < 4.78 is 0. The Morgan fingerprint density at radius 3 is 2.62 bits per heavy atom. The number of hydrogen-bond acceptors (Lipinski definition) is 2. The van der Waals surface area contributed by atoms with Gasteiger partial charge in [0.05, 0.1) is 0 Å². The zero-order chi connectivity index (χ0) is 15.6. The number of amides is 2. The van der Waals surface area contributed by atoms with Gasteiger partial charge in [-0.1, -0.05) is 33.8 Å². The minimum Gasteiger partial charge on any atom is -0.326 e. The highest BCUT2D eigenvalue weighted by Crippen LogP contribution is 2.31. The van der Waals surface area contributed by atoms with Gasteiger partial charge >= 0.3 is 0 Å². The van der Waals surface area contributed by atoms with E-state index in [1.807, 2.05) is 50.8 Å². The maximum Gasteiger partial charge on any atom is 0.229 e. The molecule has 0 radical (unpaired) electrons. The average Bonchev–Trinajstić information content (AvgIpc) is 2.44. The number of hydrogen-bond donors (Lipinski definition) is 1. The largest absolute Gasteiger partial charge is 0.326 e. The quantitative estimate of drug-likeness (QED) is 0.907. The molecule has 0 bridgehead atoms. The molecule has 0 atom stereocenters. The van der Waals surface area contributed by atoms with Crippen molar-refractivity contribution in [2.24, 2.45) is 5.41 Å². The summed E-state index contributed by atoms with van der Waals surface area (Å²) in [5.41, 5.74) is 2.44. The van der Waals surface area contributed by atoms with Crippen molar-refractivity contribution in [3.63, 3.8) is 0 Å². The van der Waals surface area contributed by atoms with Crippen LogP contribution in [0.5, 0.6) is 0 Å². The van der Waals surface area contributed by atoms with Crippen molar-refractivity contribution in [1.82, 2.24) is 0 Å². The van der Waals surface area contributed by atoms with Gasteiger partial charge in [-0.25, -0.2) is 0 Å². The Hall–Kier alpha value is -1.84. The predicted molar refractivity (Wildman–Crippen MR) is 85.5 cm³/mol. The Kier molecular flexibility index (Phi) is 4.35. The number of fused-ring (bicyclic) bond motifs is 1. The Labute approximate surface area is 126 Å². The molecule has 1 N–H and O–H groups in total. The number of nitrogens with one attached hydrogen (secondary N) is 1. The van der Waals surface area contributed by atoms with E-state index in [0.29, 0.717) is 6.42 Å². The second kappa shape index (κ2) is 5.88. The molecule has 114 valence electrons. The molecule has 0 spiro atoms. The Morgan fingerprint density at radius 1 is 1.29 bits per heavy atom. The smallest absolute Gasteiger partial charge is 0.229 e. The maximum atomic E-state index is 12.1. The van der Waals surface area contributed by atoms with Crippen molar-refractivity contribution in [3.05, 3.63) is 23.8 Å². The molecule has 4 heteroatoms. The summed E-state index contributed by atoms with van der Waals surface area (Å²) in [4.78, 5) is 26.0. The first-order valence-electron chi connectivity index (χ1n) is 7.57. The fourth-order valence-electron chi connectivity index (χ4n) is 2.42. The first-order chi connectivity index (χ1) is 9.82. The van der Waals surface area contributed by atoms with Gasteiger partial charge in [-0.3, -0.25) is 9.59 Å². The van der Waals surface area contributed by atoms with Gasteiger partial charge in [-0.05, 0) is 30.5 Å². The molecule has 1 aromatic carbocycles. The van der Waals surface area contributed by atoms with E-state index in [9.17, 15) is 9.59 Å². The van der Waals surface area contributed by atoms with E-state index < -0.39 is 5.41 Å². The summed E-state index contributed by atoms with van der Waals surface area (Å²) in [6, 6.07) is 5.86. The molecule has 21 heavy (non-hydrogen) atoms. The third kappa shape index (κ3) is 3.43. The highest BCUT2D eigenvalue weighted by molar-refractivity contribution is 5.98. The van der Waals surface area contributed by atoms with Crippen LogP contribution in [-0.2, 0) is 16.0 Å². The van der Waals surface area contributed by atoms with Crippen molar-refractivity contribution < 1.29 is 9.59 Å². The van der Waals surface area contributed by atoms with Gasteiger partial charge in [-0.2, -0.15) is 0 Å². The molecule has 0 fully saturated rings. The number of rotatable bonds is 2. The lowest BCUT2D eigenvalue weighted by Gasteiger charge is -2.30. The lowest BCUT2D eigenvalue weighted by molar-refractivity contribution is -0.123. The van der Waals surface area contributed by atoms with Crippen LogP contribution in [0.2, 0.25) is 0 Å². The zero-order valence-corrected chi connectivity index (χ0v) is 13.3. The van der Waals surface area contributed by atoms with Gasteiger partial charge in [0.25, 0.3) is 0 Å². The highest BCUT2D eigenvalue weighted by Gasteiger charge is 2.24. The van der Waals surface area contributed by atoms with E-state index in [0.717, 1.165) is 30.8 Å². The number of carbonyl (C=O) groups is 2. The molecule has 2 rings (SSSR count). The van der Waals surface area contributed by atoms with Crippen molar-refractivity contribution in [1.29, 1.82) is 0 Å². The van der Waals surface area contributed by atoms with E-state index in [1.54, 1.807) is 0 Å². The summed E-state index contributed by atoms with van der Waals surface area (Å²) >= 11 is 0. The summed E-state index contributed by atoms with van der Waals surface area (Å²) in [6.45, 7) is 8.28. The first-order valence-corrected chi connectivity index (χ1v) is 7.57. The minimum absolute atomic E-state index is 0.0216. The van der Waals surface area contributed by atoms with Crippen LogP contribution in [0.3, 0.4) is 0 Å². The first kappa shape index (κ1) is 15.5. The fourth-order valence-corrected chi connectivity index (χ4v) is 2.42. The highest BCUT2D eigenvalue weighted by atomic mass is 16.2. The summed E-state index contributed by atoms with van der Waals surface area (Å²) in [6.07, 6.45) is 2.47. The Balaban J connectivity index is 2.28. The molecular formula is C17H24N2O2. The minimum atomic E-state index is -0.436. The van der Waals surface area contributed by atoms with Crippen LogP contribution >= 0.6 is 0 Å². The van der Waals surface area contributed by atoms with E-state index in [-0.39, 0.29) is 11.8 Å². The second-order valence-corrected chi connectivity index (χ2v) is 6.55. The van der Waals surface area contributed by atoms with Crippen LogP contribution < -0.4 is 10.2 Å². The molecule has 0 unspecified atom stereocenters. The van der Waals surface area contributed by atoms with E-state index in [2.05, 4.69) is 5.32 Å². The zero-order valence-electron chi connectivity index (χ0n) is 13.3. The summed E-state index contributed by atoms with van der Waals surface area (Å²) in [7, 11) is 0. The normalized spacial score (nSPS) is 14.6. The van der Waals surface area contributed by atoms with Crippen molar-refractivity contribution >= 4 is 23.2 Å². The maximum absolute atomic E-state index is 12.1. The van der Waals surface area contributed by atoms with Crippen LogP contribution in [0, 0.1) is 5.41 Å². The van der Waals surface area contributed by atoms with Gasteiger partial charge in [0.1, 0.15) is 0 Å². The SMILES string of the molecule is CCC(=O)N1CCCc2ccc(NC(=O)C(C)(C)C)cc21. The Bertz CT molecular complexity index is 558. The molecule has 1 heterocycles. The van der Waals surface area contributed by atoms with E-state index >= 15 is 0 Å². The molecule has 0 aromatic heterocycles. The second-order valence-electron chi connectivity index (χ2n) is 6.55. The molecule has 0 saturated heterocycles. The summed E-state index contributed by atoms with van der Waals surface area (Å²) in [5.74, 6) is 0.113. The Morgan fingerprint density at radius 2 is 2.00 bits per heavy atom. The number of anilines is 2. The van der Waals surface area contributed by atoms with Crippen LogP contribution in [0.15, 0.2) is 18.2 Å². The molecule has 2 amide bonds. The van der Waals surface area contributed by atoms with Crippen LogP contribution in [-0.4, -0.2) is 18.4 Å². The summed E-state index contributed by atoms with van der Waals surface area (Å²) in [5, 5.41) is 2.93. The van der Waals surface area contributed by atoms with Gasteiger partial charge in [-0.15, -0.1) is 0 Å². The van der Waals surface area contributed by atoms with E-state index in [1.165, 1.54) is 5.56 Å². The van der Waals surface area contributed by atoms with Crippen LogP contribution in [0.1, 0.15) is 46.1 Å². The average molecular weight is 288 g/mol. The van der Waals surface area contributed by atoms with Gasteiger partial charge < -0.3 is 10.2 Å². The third-order valence-electron chi connectivity index (χ3n) is 3.75. The van der Waals surface area contributed by atoms with Crippen LogP contribution in [0.25, 0.3) is 0 Å². The molecule has 4 nitrogen and oxygen atoms in total. The number of benzene rings is 1. The lowest BCUT2D eigenvalue weighted by atomic mass is 9.95. The third-order valence-corrected chi connectivity index (χ3v) is 3.75. The lowest BCUT2D eigenvalue weighted by Crippen LogP contribution is -2.35.